The van der Waals surface area contributed by atoms with Crippen LogP contribution < -0.4 is 10.1 Å². The topological polar surface area (TPSA) is 81.4 Å². The highest BCUT2D eigenvalue weighted by molar-refractivity contribution is 8.18. The molecule has 7 heteroatoms. The van der Waals surface area contributed by atoms with Gasteiger partial charge in [-0.2, -0.15) is 0 Å². The summed E-state index contributed by atoms with van der Waals surface area (Å²) in [5.41, 5.74) is 3.12. The van der Waals surface area contributed by atoms with Gasteiger partial charge in [-0.1, -0.05) is 36.1 Å². The molecule has 1 N–H and O–H groups in total. The van der Waals surface area contributed by atoms with E-state index in [1.54, 1.807) is 19.3 Å². The summed E-state index contributed by atoms with van der Waals surface area (Å²) in [5, 5.41) is 1.87. The number of methoxy groups -OCH3 is 1. The number of carbonyl (C=O) groups excluding carboxylic acids is 2. The molecule has 1 saturated heterocycles. The lowest BCUT2D eigenvalue weighted by Crippen LogP contribution is -2.17. The number of benzene rings is 2. The Labute approximate surface area is 183 Å². The molecule has 0 radical (unpaired) electrons. The van der Waals surface area contributed by atoms with Gasteiger partial charge in [0, 0.05) is 5.56 Å². The number of amides is 2. The minimum absolute atomic E-state index is 0.348. The Bertz CT molecular complexity index is 1250. The van der Waals surface area contributed by atoms with Gasteiger partial charge >= 0.3 is 0 Å². The molecule has 4 rings (SSSR count). The number of aromatic nitrogens is 1. The van der Waals surface area contributed by atoms with Crippen LogP contribution >= 0.6 is 11.8 Å². The third-order valence-corrected chi connectivity index (χ3v) is 5.37. The summed E-state index contributed by atoms with van der Waals surface area (Å²) in [4.78, 5) is 28.0. The normalized spacial score (nSPS) is 14.3. The van der Waals surface area contributed by atoms with E-state index in [1.165, 1.54) is 0 Å². The van der Waals surface area contributed by atoms with Crippen LogP contribution in [-0.4, -0.2) is 23.2 Å². The number of ether oxygens (including phenoxy) is 1. The van der Waals surface area contributed by atoms with Crippen LogP contribution in [0.25, 0.3) is 17.5 Å². The average molecular weight is 430 g/mol. The molecule has 2 aromatic carbocycles. The molecule has 154 valence electrons. The standard InChI is InChI=1S/C24H18N2O4S/c1-15-19(25-23(30-15)17-7-4-3-5-8-17)10-6-9-18-13-16(11-12-20(18)29-2)14-21-22(27)26-24(28)31-21/h3-5,7-8,11-14H,10H2,1-2H3,(H,26,27,28). The van der Waals surface area contributed by atoms with Gasteiger partial charge in [-0.05, 0) is 54.6 Å². The van der Waals surface area contributed by atoms with Crippen molar-refractivity contribution in [2.24, 2.45) is 0 Å². The molecule has 0 unspecified atom stereocenters. The fraction of sp³-hybridized carbons (Fsp3) is 0.125. The number of rotatable bonds is 4. The first-order valence-corrected chi connectivity index (χ1v) is 10.3. The van der Waals surface area contributed by atoms with E-state index in [-0.39, 0.29) is 5.24 Å². The Hall–Kier alpha value is -3.76. The van der Waals surface area contributed by atoms with Gasteiger partial charge in [-0.3, -0.25) is 14.9 Å². The molecule has 0 aliphatic carbocycles. The van der Waals surface area contributed by atoms with E-state index in [2.05, 4.69) is 22.1 Å². The van der Waals surface area contributed by atoms with Crippen molar-refractivity contribution in [2.75, 3.05) is 7.11 Å². The third-order valence-electron chi connectivity index (χ3n) is 4.56. The van der Waals surface area contributed by atoms with Crippen LogP contribution in [0.3, 0.4) is 0 Å². The van der Waals surface area contributed by atoms with Crippen LogP contribution in [-0.2, 0) is 11.2 Å². The molecule has 6 nitrogen and oxygen atoms in total. The van der Waals surface area contributed by atoms with E-state index in [9.17, 15) is 9.59 Å². The number of nitrogens with zero attached hydrogens (tertiary/aromatic N) is 1. The predicted molar refractivity (Wildman–Crippen MR) is 119 cm³/mol. The van der Waals surface area contributed by atoms with Crippen molar-refractivity contribution >= 4 is 29.0 Å². The monoisotopic (exact) mass is 430 g/mol. The zero-order valence-corrected chi connectivity index (χ0v) is 17.7. The van der Waals surface area contributed by atoms with Crippen molar-refractivity contribution in [2.45, 2.75) is 13.3 Å². The van der Waals surface area contributed by atoms with Crippen LogP contribution in [0.4, 0.5) is 4.79 Å². The third kappa shape index (κ3) is 4.71. The maximum Gasteiger partial charge on any atom is 0.290 e. The van der Waals surface area contributed by atoms with E-state index >= 15 is 0 Å². The molecule has 0 bridgehead atoms. The molecular formula is C24H18N2O4S. The number of oxazole rings is 1. The summed E-state index contributed by atoms with van der Waals surface area (Å²) < 4.78 is 11.2. The van der Waals surface area contributed by atoms with Crippen molar-refractivity contribution in [1.29, 1.82) is 0 Å². The van der Waals surface area contributed by atoms with Gasteiger partial charge in [0.05, 0.1) is 29.7 Å². The summed E-state index contributed by atoms with van der Waals surface area (Å²) in [6.07, 6.45) is 2.08. The first-order valence-electron chi connectivity index (χ1n) is 9.47. The smallest absolute Gasteiger partial charge is 0.290 e. The molecule has 1 aliphatic rings. The first-order chi connectivity index (χ1) is 15.0. The number of aryl methyl sites for hydroxylation is 1. The van der Waals surface area contributed by atoms with E-state index < -0.39 is 5.91 Å². The van der Waals surface area contributed by atoms with Crippen LogP contribution in [0, 0.1) is 18.8 Å². The molecule has 0 spiro atoms. The Morgan fingerprint density at radius 1 is 1.19 bits per heavy atom. The van der Waals surface area contributed by atoms with Crippen molar-refractivity contribution in [1.82, 2.24) is 10.3 Å². The second-order valence-corrected chi connectivity index (χ2v) is 7.69. The highest BCUT2D eigenvalue weighted by Gasteiger charge is 2.25. The summed E-state index contributed by atoms with van der Waals surface area (Å²) in [6.45, 7) is 1.87. The number of hydrogen-bond acceptors (Lipinski definition) is 6. The van der Waals surface area contributed by atoms with Gasteiger partial charge in [0.25, 0.3) is 11.1 Å². The first kappa shape index (κ1) is 20.5. The van der Waals surface area contributed by atoms with E-state index in [1.807, 2.05) is 49.4 Å². The average Bonchev–Trinajstić information content (AvgIpc) is 3.30. The van der Waals surface area contributed by atoms with Crippen LogP contribution in [0.15, 0.2) is 57.9 Å². The lowest BCUT2D eigenvalue weighted by Gasteiger charge is -2.04. The highest BCUT2D eigenvalue weighted by atomic mass is 32.2. The number of imide groups is 1. The van der Waals surface area contributed by atoms with Gasteiger partial charge < -0.3 is 9.15 Å². The van der Waals surface area contributed by atoms with Crippen molar-refractivity contribution in [3.05, 3.63) is 76.0 Å². The number of hydrogen-bond donors (Lipinski definition) is 1. The molecular weight excluding hydrogens is 412 g/mol. The Morgan fingerprint density at radius 3 is 2.71 bits per heavy atom. The quantitative estimate of drug-likeness (QED) is 0.482. The molecule has 1 aromatic heterocycles. The maximum atomic E-state index is 11.8. The Kier molecular flexibility index (Phi) is 5.92. The summed E-state index contributed by atoms with van der Waals surface area (Å²) in [6, 6.07) is 15.1. The fourth-order valence-electron chi connectivity index (χ4n) is 3.00. The van der Waals surface area contributed by atoms with Crippen LogP contribution in [0.1, 0.15) is 22.6 Å². The SMILES string of the molecule is COc1ccc(C=C2SC(=O)NC2=O)cc1C#CCc1nc(-c2ccccc2)oc1C. The fourth-order valence-corrected chi connectivity index (χ4v) is 3.69. The molecule has 3 aromatic rings. The van der Waals surface area contributed by atoms with Gasteiger partial charge in [0.2, 0.25) is 5.89 Å². The molecule has 31 heavy (non-hydrogen) atoms. The Morgan fingerprint density at radius 2 is 2.00 bits per heavy atom. The lowest BCUT2D eigenvalue weighted by molar-refractivity contribution is -0.115. The predicted octanol–water partition coefficient (Wildman–Crippen LogP) is 4.58. The summed E-state index contributed by atoms with van der Waals surface area (Å²) in [7, 11) is 1.57. The van der Waals surface area contributed by atoms with Gasteiger partial charge in [-0.15, -0.1) is 0 Å². The van der Waals surface area contributed by atoms with E-state index in [4.69, 9.17) is 9.15 Å². The molecule has 0 saturated carbocycles. The van der Waals surface area contributed by atoms with Crippen LogP contribution in [0.5, 0.6) is 5.75 Å². The van der Waals surface area contributed by atoms with E-state index in [0.29, 0.717) is 28.5 Å². The van der Waals surface area contributed by atoms with Crippen molar-refractivity contribution in [3.8, 4) is 29.0 Å². The largest absolute Gasteiger partial charge is 0.495 e. The second-order valence-electron chi connectivity index (χ2n) is 6.68. The minimum atomic E-state index is -0.394. The molecule has 1 fully saturated rings. The maximum absolute atomic E-state index is 11.8. The zero-order valence-electron chi connectivity index (χ0n) is 16.9. The highest BCUT2D eigenvalue weighted by Crippen LogP contribution is 2.27. The van der Waals surface area contributed by atoms with Crippen molar-refractivity contribution < 1.29 is 18.7 Å². The number of thioether (sulfide) groups is 1. The van der Waals surface area contributed by atoms with Crippen LogP contribution in [0.2, 0.25) is 0 Å². The molecule has 2 heterocycles. The van der Waals surface area contributed by atoms with Gasteiger partial charge in [-0.25, -0.2) is 4.98 Å². The molecule has 1 aliphatic heterocycles. The summed E-state index contributed by atoms with van der Waals surface area (Å²) in [5.74, 6) is 7.77. The number of nitrogens with one attached hydrogen (secondary N) is 1. The van der Waals surface area contributed by atoms with Gasteiger partial charge in [0.15, 0.2) is 0 Å². The Balaban J connectivity index is 1.56. The molecule has 0 atom stereocenters. The van der Waals surface area contributed by atoms with Gasteiger partial charge in [0.1, 0.15) is 11.5 Å². The molecule has 2 amide bonds. The summed E-state index contributed by atoms with van der Waals surface area (Å²) >= 11 is 0.877. The minimum Gasteiger partial charge on any atom is -0.495 e. The lowest BCUT2D eigenvalue weighted by atomic mass is 10.1. The zero-order chi connectivity index (χ0) is 21.8. The number of carbonyl (C=O) groups is 2. The van der Waals surface area contributed by atoms with E-state index in [0.717, 1.165) is 34.3 Å². The van der Waals surface area contributed by atoms with Crippen molar-refractivity contribution in [3.63, 3.8) is 0 Å². The second kappa shape index (κ2) is 8.94.